The number of ketones is 1. The minimum Gasteiger partial charge on any atom is -0.403 e. The standard InChI is InChI=1S/C18H25NO4/c1-17(2,3)14(20)12-8-10-13(11-9-12)15(19-22-7)23-16(21)18(4,5)6/h8-11H,1-7H3. The smallest absolute Gasteiger partial charge is 0.318 e. The minimum atomic E-state index is -0.656. The van der Waals surface area contributed by atoms with Crippen molar-refractivity contribution in [2.45, 2.75) is 41.5 Å². The van der Waals surface area contributed by atoms with Crippen molar-refractivity contribution < 1.29 is 19.2 Å². The highest BCUT2D eigenvalue weighted by Gasteiger charge is 2.26. The average Bonchev–Trinajstić information content (AvgIpc) is 2.44. The first-order valence-electron chi connectivity index (χ1n) is 7.45. The number of ether oxygens (including phenoxy) is 1. The zero-order valence-electron chi connectivity index (χ0n) is 14.9. The van der Waals surface area contributed by atoms with Crippen molar-refractivity contribution in [1.29, 1.82) is 0 Å². The van der Waals surface area contributed by atoms with Crippen LogP contribution in [0.1, 0.15) is 57.5 Å². The summed E-state index contributed by atoms with van der Waals surface area (Å²) in [5, 5.41) is 3.76. The Kier molecular flexibility index (Phi) is 5.70. The molecule has 0 spiro atoms. The van der Waals surface area contributed by atoms with Crippen LogP contribution in [0.4, 0.5) is 0 Å². The fourth-order valence-electron chi connectivity index (χ4n) is 1.65. The number of benzene rings is 1. The molecule has 0 N–H and O–H groups in total. The Morgan fingerprint density at radius 2 is 1.35 bits per heavy atom. The van der Waals surface area contributed by atoms with Crippen LogP contribution in [0.5, 0.6) is 0 Å². The van der Waals surface area contributed by atoms with Gasteiger partial charge in [0.2, 0.25) is 0 Å². The first kappa shape index (κ1) is 18.9. The summed E-state index contributed by atoms with van der Waals surface area (Å²) in [6.45, 7) is 10.9. The summed E-state index contributed by atoms with van der Waals surface area (Å²) in [5.41, 5.74) is 0.0513. The van der Waals surface area contributed by atoms with Gasteiger partial charge in [-0.15, -0.1) is 0 Å². The number of carbonyl (C=O) groups is 2. The van der Waals surface area contributed by atoms with E-state index in [1.165, 1.54) is 7.11 Å². The van der Waals surface area contributed by atoms with Gasteiger partial charge in [0.1, 0.15) is 7.11 Å². The summed E-state index contributed by atoms with van der Waals surface area (Å²) in [4.78, 5) is 29.0. The van der Waals surface area contributed by atoms with E-state index < -0.39 is 16.8 Å². The van der Waals surface area contributed by atoms with Crippen molar-refractivity contribution in [1.82, 2.24) is 0 Å². The molecule has 0 aliphatic carbocycles. The molecule has 0 saturated heterocycles. The lowest BCUT2D eigenvalue weighted by atomic mass is 9.86. The molecule has 0 unspecified atom stereocenters. The van der Waals surface area contributed by atoms with Crippen molar-refractivity contribution >= 4 is 17.7 Å². The summed E-state index contributed by atoms with van der Waals surface area (Å²) in [6, 6.07) is 6.76. The van der Waals surface area contributed by atoms with E-state index in [0.29, 0.717) is 11.1 Å². The number of rotatable bonds is 3. The fourth-order valence-corrected chi connectivity index (χ4v) is 1.65. The first-order valence-corrected chi connectivity index (χ1v) is 7.45. The number of Topliss-reactive ketones (excluding diaryl/α,β-unsaturated/α-hetero) is 1. The maximum Gasteiger partial charge on any atom is 0.318 e. The Hall–Kier alpha value is -2.17. The second-order valence-electron chi connectivity index (χ2n) is 7.38. The summed E-state index contributed by atoms with van der Waals surface area (Å²) < 4.78 is 5.31. The molecule has 0 atom stereocenters. The maximum atomic E-state index is 12.2. The Labute approximate surface area is 137 Å². The minimum absolute atomic E-state index is 0.0426. The van der Waals surface area contributed by atoms with Gasteiger partial charge in [0.25, 0.3) is 5.90 Å². The molecule has 23 heavy (non-hydrogen) atoms. The van der Waals surface area contributed by atoms with E-state index >= 15 is 0 Å². The van der Waals surface area contributed by atoms with Crippen LogP contribution < -0.4 is 0 Å². The zero-order chi connectivity index (χ0) is 17.8. The molecule has 0 bridgehead atoms. The highest BCUT2D eigenvalue weighted by Crippen LogP contribution is 2.22. The predicted octanol–water partition coefficient (Wildman–Crippen LogP) is 3.81. The number of hydrogen-bond acceptors (Lipinski definition) is 5. The van der Waals surface area contributed by atoms with Crippen LogP contribution in [0.2, 0.25) is 0 Å². The topological polar surface area (TPSA) is 65.0 Å². The molecular formula is C18H25NO4. The maximum absolute atomic E-state index is 12.2. The van der Waals surface area contributed by atoms with Crippen molar-refractivity contribution in [3.63, 3.8) is 0 Å². The van der Waals surface area contributed by atoms with Gasteiger partial charge in [-0.1, -0.05) is 32.9 Å². The molecule has 1 aromatic rings. The molecule has 0 aliphatic heterocycles. The molecule has 0 saturated carbocycles. The SMILES string of the molecule is CON=C(OC(=O)C(C)(C)C)c1ccc(C(=O)C(C)(C)C)cc1. The van der Waals surface area contributed by atoms with E-state index in [0.717, 1.165) is 0 Å². The molecule has 1 rings (SSSR count). The van der Waals surface area contributed by atoms with E-state index in [2.05, 4.69) is 5.16 Å². The molecule has 5 nitrogen and oxygen atoms in total. The van der Waals surface area contributed by atoms with E-state index in [4.69, 9.17) is 9.57 Å². The van der Waals surface area contributed by atoms with Crippen molar-refractivity contribution in [3.05, 3.63) is 35.4 Å². The van der Waals surface area contributed by atoms with E-state index in [-0.39, 0.29) is 11.7 Å². The highest BCUT2D eigenvalue weighted by molar-refractivity contribution is 6.03. The molecule has 1 aromatic carbocycles. The summed E-state index contributed by atoms with van der Waals surface area (Å²) in [6.07, 6.45) is 0. The van der Waals surface area contributed by atoms with Crippen LogP contribution in [0.15, 0.2) is 29.4 Å². The average molecular weight is 319 g/mol. The lowest BCUT2D eigenvalue weighted by Crippen LogP contribution is -2.26. The second kappa shape index (κ2) is 6.94. The molecule has 0 fully saturated rings. The summed E-state index contributed by atoms with van der Waals surface area (Å²) in [5.74, 6) is -0.300. The number of oxime groups is 1. The zero-order valence-corrected chi connectivity index (χ0v) is 14.9. The lowest BCUT2D eigenvalue weighted by molar-refractivity contribution is -0.144. The Morgan fingerprint density at radius 1 is 0.870 bits per heavy atom. The molecule has 126 valence electrons. The van der Waals surface area contributed by atoms with Crippen LogP contribution in [-0.4, -0.2) is 24.8 Å². The molecule has 0 aliphatic rings. The monoisotopic (exact) mass is 319 g/mol. The van der Waals surface area contributed by atoms with Crippen molar-refractivity contribution in [2.75, 3.05) is 7.11 Å². The molecule has 0 amide bonds. The third-order valence-corrected chi connectivity index (χ3v) is 3.05. The highest BCUT2D eigenvalue weighted by atomic mass is 16.6. The Bertz CT molecular complexity index is 601. The van der Waals surface area contributed by atoms with Gasteiger partial charge >= 0.3 is 5.97 Å². The van der Waals surface area contributed by atoms with Gasteiger partial charge in [0.15, 0.2) is 5.78 Å². The number of esters is 1. The second-order valence-corrected chi connectivity index (χ2v) is 7.38. The van der Waals surface area contributed by atoms with Gasteiger partial charge in [-0.3, -0.25) is 9.59 Å². The van der Waals surface area contributed by atoms with Gasteiger partial charge < -0.3 is 9.57 Å². The quantitative estimate of drug-likeness (QED) is 0.279. The lowest BCUT2D eigenvalue weighted by Gasteiger charge is -2.18. The van der Waals surface area contributed by atoms with Gasteiger partial charge in [-0.25, -0.2) is 0 Å². The van der Waals surface area contributed by atoms with Crippen LogP contribution in [0, 0.1) is 10.8 Å². The Balaban J connectivity index is 3.05. The van der Waals surface area contributed by atoms with Crippen molar-refractivity contribution in [2.24, 2.45) is 16.0 Å². The van der Waals surface area contributed by atoms with E-state index in [1.54, 1.807) is 45.0 Å². The molecule has 0 heterocycles. The van der Waals surface area contributed by atoms with E-state index in [9.17, 15) is 9.59 Å². The van der Waals surface area contributed by atoms with Crippen LogP contribution in [0.25, 0.3) is 0 Å². The van der Waals surface area contributed by atoms with E-state index in [1.807, 2.05) is 20.8 Å². The summed E-state index contributed by atoms with van der Waals surface area (Å²) >= 11 is 0. The van der Waals surface area contributed by atoms with Crippen LogP contribution in [0.3, 0.4) is 0 Å². The molecule has 0 aromatic heterocycles. The number of carbonyl (C=O) groups excluding carboxylic acids is 2. The largest absolute Gasteiger partial charge is 0.403 e. The molecule has 5 heteroatoms. The third kappa shape index (κ3) is 5.20. The first-order chi connectivity index (χ1) is 10.5. The molecule has 0 radical (unpaired) electrons. The number of hydrogen-bond donors (Lipinski definition) is 0. The third-order valence-electron chi connectivity index (χ3n) is 3.05. The molecular weight excluding hydrogens is 294 g/mol. The van der Waals surface area contributed by atoms with Gasteiger partial charge in [0.05, 0.1) is 5.41 Å². The Morgan fingerprint density at radius 3 is 1.74 bits per heavy atom. The van der Waals surface area contributed by atoms with Gasteiger partial charge in [-0.05, 0) is 38.1 Å². The van der Waals surface area contributed by atoms with Gasteiger partial charge in [-0.2, -0.15) is 0 Å². The summed E-state index contributed by atoms with van der Waals surface area (Å²) in [7, 11) is 1.38. The van der Waals surface area contributed by atoms with Crippen LogP contribution in [-0.2, 0) is 14.4 Å². The number of nitrogens with zero attached hydrogens (tertiary/aromatic N) is 1. The van der Waals surface area contributed by atoms with Crippen molar-refractivity contribution in [3.8, 4) is 0 Å². The van der Waals surface area contributed by atoms with Crippen LogP contribution >= 0.6 is 0 Å². The normalized spacial score (nSPS) is 12.7. The van der Waals surface area contributed by atoms with Gasteiger partial charge in [0, 0.05) is 16.5 Å². The predicted molar refractivity (Wildman–Crippen MR) is 89.3 cm³/mol. The fraction of sp³-hybridized carbons (Fsp3) is 0.500.